The highest BCUT2D eigenvalue weighted by Crippen LogP contribution is 2.27. The van der Waals surface area contributed by atoms with Crippen molar-refractivity contribution in [2.75, 3.05) is 25.5 Å². The summed E-state index contributed by atoms with van der Waals surface area (Å²) in [5.74, 6) is 0.453. The third-order valence-corrected chi connectivity index (χ3v) is 5.58. The summed E-state index contributed by atoms with van der Waals surface area (Å²) in [5.41, 5.74) is 2.15. The molecular weight excluding hydrogens is 366 g/mol. The van der Waals surface area contributed by atoms with Crippen molar-refractivity contribution < 1.29 is 14.3 Å². The predicted molar refractivity (Wildman–Crippen MR) is 108 cm³/mol. The molecule has 150 valence electrons. The minimum atomic E-state index is -0.180. The third-order valence-electron chi connectivity index (χ3n) is 5.58. The van der Waals surface area contributed by atoms with E-state index in [9.17, 15) is 9.59 Å². The first-order valence-corrected chi connectivity index (χ1v) is 9.61. The Kier molecular flexibility index (Phi) is 8.38. The maximum absolute atomic E-state index is 12.2. The fraction of sp³-hybridized carbons (Fsp3) is 0.600. The molecule has 27 heavy (non-hydrogen) atoms. The Morgan fingerprint density at radius 1 is 1.00 bits per heavy atom. The van der Waals surface area contributed by atoms with E-state index in [1.807, 2.05) is 12.1 Å². The molecule has 1 aliphatic heterocycles. The van der Waals surface area contributed by atoms with Crippen LogP contribution in [0.1, 0.15) is 50.0 Å². The van der Waals surface area contributed by atoms with Gasteiger partial charge in [0.05, 0.1) is 13.0 Å². The van der Waals surface area contributed by atoms with Gasteiger partial charge in [-0.3, -0.25) is 4.79 Å². The number of nitrogens with one attached hydrogen (secondary N) is 3. The van der Waals surface area contributed by atoms with Crippen molar-refractivity contribution >= 4 is 30.1 Å². The quantitative estimate of drug-likeness (QED) is 0.682. The number of benzene rings is 1. The number of piperidine rings is 1. The van der Waals surface area contributed by atoms with Crippen molar-refractivity contribution in [2.45, 2.75) is 50.5 Å². The molecule has 0 spiro atoms. The standard InChI is InChI=1S/C20H29N3O3.ClH/c1-26-19(24)16-4-8-18(9-5-16)23-20(25)22-17-6-2-14(3-7-17)15-10-12-21-13-11-15;/h2-3,6-7,15-16,18,21H,4-5,8-13H2,1H3,(H2,22,23,25);1H. The summed E-state index contributed by atoms with van der Waals surface area (Å²) in [6.45, 7) is 2.15. The lowest BCUT2D eigenvalue weighted by atomic mass is 9.86. The maximum atomic E-state index is 12.2. The number of urea groups is 1. The Morgan fingerprint density at radius 2 is 1.63 bits per heavy atom. The lowest BCUT2D eigenvalue weighted by Gasteiger charge is -2.27. The molecule has 1 saturated carbocycles. The van der Waals surface area contributed by atoms with Gasteiger partial charge in [-0.25, -0.2) is 4.79 Å². The minimum Gasteiger partial charge on any atom is -0.469 e. The molecule has 2 amide bonds. The smallest absolute Gasteiger partial charge is 0.319 e. The molecule has 0 bridgehead atoms. The molecule has 6 nitrogen and oxygen atoms in total. The van der Waals surface area contributed by atoms with E-state index in [-0.39, 0.29) is 36.4 Å². The average Bonchev–Trinajstić information content (AvgIpc) is 2.69. The second kappa shape index (κ2) is 10.5. The van der Waals surface area contributed by atoms with Crippen LogP contribution in [0.15, 0.2) is 24.3 Å². The monoisotopic (exact) mass is 395 g/mol. The lowest BCUT2D eigenvalue weighted by Crippen LogP contribution is -2.41. The second-order valence-electron chi connectivity index (χ2n) is 7.32. The van der Waals surface area contributed by atoms with Gasteiger partial charge in [-0.15, -0.1) is 12.4 Å². The van der Waals surface area contributed by atoms with Crippen LogP contribution in [0.4, 0.5) is 10.5 Å². The van der Waals surface area contributed by atoms with Crippen LogP contribution in [-0.2, 0) is 9.53 Å². The van der Waals surface area contributed by atoms with E-state index in [1.54, 1.807) is 0 Å². The van der Waals surface area contributed by atoms with Crippen LogP contribution in [0.5, 0.6) is 0 Å². The van der Waals surface area contributed by atoms with Gasteiger partial charge in [-0.2, -0.15) is 0 Å². The van der Waals surface area contributed by atoms with Gasteiger partial charge in [0, 0.05) is 11.7 Å². The number of anilines is 1. The van der Waals surface area contributed by atoms with Gasteiger partial charge in [0.15, 0.2) is 0 Å². The second-order valence-corrected chi connectivity index (χ2v) is 7.32. The summed E-state index contributed by atoms with van der Waals surface area (Å²) >= 11 is 0. The molecule has 1 aromatic rings. The van der Waals surface area contributed by atoms with Gasteiger partial charge in [-0.1, -0.05) is 12.1 Å². The Morgan fingerprint density at radius 3 is 2.22 bits per heavy atom. The van der Waals surface area contributed by atoms with Crippen molar-refractivity contribution in [3.8, 4) is 0 Å². The fourth-order valence-electron chi connectivity index (χ4n) is 3.99. The zero-order valence-electron chi connectivity index (χ0n) is 15.8. The topological polar surface area (TPSA) is 79.5 Å². The SMILES string of the molecule is COC(=O)C1CCC(NC(=O)Nc2ccc(C3CCNCC3)cc2)CC1.Cl. The van der Waals surface area contributed by atoms with Gasteiger partial charge in [0.2, 0.25) is 0 Å². The van der Waals surface area contributed by atoms with E-state index in [0.717, 1.165) is 44.5 Å². The van der Waals surface area contributed by atoms with Crippen molar-refractivity contribution in [1.29, 1.82) is 0 Å². The molecule has 0 radical (unpaired) electrons. The average molecular weight is 396 g/mol. The van der Waals surface area contributed by atoms with Crippen LogP contribution in [0.3, 0.4) is 0 Å². The van der Waals surface area contributed by atoms with Crippen LogP contribution in [-0.4, -0.2) is 38.2 Å². The normalized spacial score (nSPS) is 23.0. The summed E-state index contributed by atoms with van der Waals surface area (Å²) in [5, 5.41) is 9.30. The summed E-state index contributed by atoms with van der Waals surface area (Å²) in [6, 6.07) is 8.13. The van der Waals surface area contributed by atoms with E-state index in [1.165, 1.54) is 25.5 Å². The molecule has 3 N–H and O–H groups in total. The van der Waals surface area contributed by atoms with E-state index in [4.69, 9.17) is 4.74 Å². The lowest BCUT2D eigenvalue weighted by molar-refractivity contribution is -0.146. The molecule has 2 aliphatic rings. The summed E-state index contributed by atoms with van der Waals surface area (Å²) in [6.07, 6.45) is 5.48. The van der Waals surface area contributed by atoms with Gasteiger partial charge in [0.1, 0.15) is 0 Å². The Bertz CT molecular complexity index is 609. The van der Waals surface area contributed by atoms with E-state index in [0.29, 0.717) is 5.92 Å². The number of carbonyl (C=O) groups excluding carboxylic acids is 2. The van der Waals surface area contributed by atoms with Crippen molar-refractivity contribution in [3.05, 3.63) is 29.8 Å². The molecule has 1 aliphatic carbocycles. The van der Waals surface area contributed by atoms with E-state index < -0.39 is 0 Å². The van der Waals surface area contributed by atoms with E-state index >= 15 is 0 Å². The summed E-state index contributed by atoms with van der Waals surface area (Å²) < 4.78 is 4.80. The number of carbonyl (C=O) groups is 2. The van der Waals surface area contributed by atoms with Gasteiger partial charge in [0.25, 0.3) is 0 Å². The molecule has 7 heteroatoms. The van der Waals surface area contributed by atoms with Crippen molar-refractivity contribution in [3.63, 3.8) is 0 Å². The first kappa shape index (κ1) is 21.5. The van der Waals surface area contributed by atoms with E-state index in [2.05, 4.69) is 28.1 Å². The predicted octanol–water partition coefficient (Wildman–Crippen LogP) is 3.43. The van der Waals surface area contributed by atoms with Crippen LogP contribution in [0, 0.1) is 5.92 Å². The molecule has 1 saturated heterocycles. The van der Waals surface area contributed by atoms with Crippen LogP contribution >= 0.6 is 12.4 Å². The Balaban J connectivity index is 0.00000261. The molecule has 0 unspecified atom stereocenters. The van der Waals surface area contributed by atoms with Crippen LogP contribution in [0.25, 0.3) is 0 Å². The summed E-state index contributed by atoms with van der Waals surface area (Å²) in [7, 11) is 1.43. The van der Waals surface area contributed by atoms with Gasteiger partial charge >= 0.3 is 12.0 Å². The number of amides is 2. The molecule has 3 rings (SSSR count). The Hall–Kier alpha value is -1.79. The highest BCUT2D eigenvalue weighted by Gasteiger charge is 2.27. The highest BCUT2D eigenvalue weighted by atomic mass is 35.5. The summed E-state index contributed by atoms with van der Waals surface area (Å²) in [4.78, 5) is 23.8. The van der Waals surface area contributed by atoms with Crippen molar-refractivity contribution in [1.82, 2.24) is 10.6 Å². The first-order valence-electron chi connectivity index (χ1n) is 9.61. The van der Waals surface area contributed by atoms with Gasteiger partial charge in [-0.05, 0) is 75.2 Å². The molecule has 0 atom stereocenters. The largest absolute Gasteiger partial charge is 0.469 e. The zero-order valence-corrected chi connectivity index (χ0v) is 16.6. The number of ether oxygens (including phenoxy) is 1. The third kappa shape index (κ3) is 6.11. The molecule has 1 aromatic carbocycles. The Labute approximate surface area is 167 Å². The molecule has 2 fully saturated rings. The number of methoxy groups -OCH3 is 1. The molecule has 1 heterocycles. The van der Waals surface area contributed by atoms with Crippen LogP contribution < -0.4 is 16.0 Å². The number of hydrogen-bond acceptors (Lipinski definition) is 4. The zero-order chi connectivity index (χ0) is 18.4. The number of esters is 1. The number of rotatable bonds is 4. The molecule has 0 aromatic heterocycles. The maximum Gasteiger partial charge on any atom is 0.319 e. The minimum absolute atomic E-state index is 0. The number of halogens is 1. The molecular formula is C20H30ClN3O3. The van der Waals surface area contributed by atoms with Crippen LogP contribution in [0.2, 0.25) is 0 Å². The fourth-order valence-corrected chi connectivity index (χ4v) is 3.99. The van der Waals surface area contributed by atoms with Gasteiger partial charge < -0.3 is 20.7 Å². The highest BCUT2D eigenvalue weighted by molar-refractivity contribution is 5.89. The first-order chi connectivity index (χ1) is 12.7. The van der Waals surface area contributed by atoms with Crippen molar-refractivity contribution in [2.24, 2.45) is 5.92 Å². The number of hydrogen-bond donors (Lipinski definition) is 3.